The third-order valence-corrected chi connectivity index (χ3v) is 5.46. The largest absolute Gasteiger partial charge is 0.493 e. The maximum absolute atomic E-state index is 12.8. The Labute approximate surface area is 161 Å². The van der Waals surface area contributed by atoms with Gasteiger partial charge in [0.15, 0.2) is 11.5 Å². The molecule has 0 radical (unpaired) electrons. The minimum absolute atomic E-state index is 0.0644. The molecule has 150 valence electrons. The molecule has 0 spiro atoms. The smallest absolute Gasteiger partial charge is 0.305 e. The van der Waals surface area contributed by atoms with Crippen molar-refractivity contribution in [2.24, 2.45) is 11.8 Å². The first-order valence-corrected chi connectivity index (χ1v) is 9.72. The summed E-state index contributed by atoms with van der Waals surface area (Å²) in [5.74, 6) is 0.584. The zero-order chi connectivity index (χ0) is 19.8. The first kappa shape index (κ1) is 21.1. The molecule has 1 amide bonds. The van der Waals surface area contributed by atoms with E-state index in [-0.39, 0.29) is 18.2 Å². The standard InChI is InChI=1S/C21H31NO5/c1-4-15(11-14-7-5-6-8-14)21(25)22-17(13-20(23)24)16-9-10-18(26-2)19(12-16)27-3/h9-10,12,14-15,17H,4-8,11,13H2,1-3H3,(H,22,25)(H,23,24). The normalized spacial score (nSPS) is 16.6. The van der Waals surface area contributed by atoms with Crippen LogP contribution in [0.4, 0.5) is 0 Å². The van der Waals surface area contributed by atoms with Crippen LogP contribution in [0.15, 0.2) is 18.2 Å². The van der Waals surface area contributed by atoms with Gasteiger partial charge in [0.2, 0.25) is 5.91 Å². The Balaban J connectivity index is 2.15. The van der Waals surface area contributed by atoms with E-state index in [4.69, 9.17) is 9.47 Å². The Morgan fingerprint density at radius 2 is 1.85 bits per heavy atom. The van der Waals surface area contributed by atoms with Crippen LogP contribution in [-0.4, -0.2) is 31.2 Å². The summed E-state index contributed by atoms with van der Waals surface area (Å²) in [4.78, 5) is 24.2. The number of hydrogen-bond acceptors (Lipinski definition) is 4. The van der Waals surface area contributed by atoms with Crippen LogP contribution in [-0.2, 0) is 9.59 Å². The average molecular weight is 377 g/mol. The third-order valence-electron chi connectivity index (χ3n) is 5.46. The topological polar surface area (TPSA) is 84.9 Å². The van der Waals surface area contributed by atoms with Gasteiger partial charge in [0.25, 0.3) is 0 Å². The second-order valence-electron chi connectivity index (χ2n) is 7.26. The van der Waals surface area contributed by atoms with E-state index in [1.54, 1.807) is 25.3 Å². The summed E-state index contributed by atoms with van der Waals surface area (Å²) < 4.78 is 10.5. The van der Waals surface area contributed by atoms with Gasteiger partial charge in [-0.2, -0.15) is 0 Å². The van der Waals surface area contributed by atoms with E-state index >= 15 is 0 Å². The minimum Gasteiger partial charge on any atom is -0.493 e. The molecule has 0 heterocycles. The van der Waals surface area contributed by atoms with Crippen LogP contribution in [0.25, 0.3) is 0 Å². The Morgan fingerprint density at radius 1 is 1.19 bits per heavy atom. The highest BCUT2D eigenvalue weighted by Crippen LogP contribution is 2.33. The van der Waals surface area contributed by atoms with E-state index < -0.39 is 12.0 Å². The van der Waals surface area contributed by atoms with Crippen molar-refractivity contribution in [3.8, 4) is 11.5 Å². The lowest BCUT2D eigenvalue weighted by molar-refractivity contribution is -0.138. The number of aliphatic carboxylic acids is 1. The lowest BCUT2D eigenvalue weighted by Crippen LogP contribution is -2.35. The van der Waals surface area contributed by atoms with Gasteiger partial charge < -0.3 is 19.9 Å². The van der Waals surface area contributed by atoms with E-state index in [0.717, 1.165) is 12.8 Å². The van der Waals surface area contributed by atoms with Crippen LogP contribution in [0.2, 0.25) is 0 Å². The third kappa shape index (κ3) is 5.88. The molecule has 27 heavy (non-hydrogen) atoms. The van der Waals surface area contributed by atoms with E-state index in [1.807, 2.05) is 6.92 Å². The molecule has 1 aliphatic rings. The number of ether oxygens (including phenoxy) is 2. The summed E-state index contributed by atoms with van der Waals surface area (Å²) in [7, 11) is 3.07. The highest BCUT2D eigenvalue weighted by Gasteiger charge is 2.27. The Bertz CT molecular complexity index is 639. The fourth-order valence-electron chi connectivity index (χ4n) is 3.89. The van der Waals surface area contributed by atoms with Crippen LogP contribution in [0.3, 0.4) is 0 Å². The number of amides is 1. The van der Waals surface area contributed by atoms with Gasteiger partial charge in [-0.1, -0.05) is 38.7 Å². The molecule has 0 aromatic heterocycles. The fraction of sp³-hybridized carbons (Fsp3) is 0.619. The molecular weight excluding hydrogens is 346 g/mol. The van der Waals surface area contributed by atoms with Crippen LogP contribution in [0.1, 0.15) is 63.5 Å². The van der Waals surface area contributed by atoms with Crippen molar-refractivity contribution in [2.45, 2.75) is 57.9 Å². The zero-order valence-electron chi connectivity index (χ0n) is 16.5. The van der Waals surface area contributed by atoms with E-state index in [0.29, 0.717) is 23.0 Å². The number of carbonyl (C=O) groups is 2. The zero-order valence-corrected chi connectivity index (χ0v) is 16.5. The second kappa shape index (κ2) is 10.2. The van der Waals surface area contributed by atoms with Crippen molar-refractivity contribution >= 4 is 11.9 Å². The molecule has 2 rings (SSSR count). The summed E-state index contributed by atoms with van der Waals surface area (Å²) in [6.45, 7) is 2.02. The molecule has 0 saturated heterocycles. The fourth-order valence-corrected chi connectivity index (χ4v) is 3.89. The summed E-state index contributed by atoms with van der Waals surface area (Å²) >= 11 is 0. The lowest BCUT2D eigenvalue weighted by atomic mass is 9.90. The number of carbonyl (C=O) groups excluding carboxylic acids is 1. The summed E-state index contributed by atoms with van der Waals surface area (Å²) in [5.41, 5.74) is 0.694. The number of benzene rings is 1. The molecule has 6 nitrogen and oxygen atoms in total. The van der Waals surface area contributed by atoms with E-state index in [9.17, 15) is 14.7 Å². The summed E-state index contributed by atoms with van der Waals surface area (Å²) in [6.07, 6.45) is 6.34. The summed E-state index contributed by atoms with van der Waals surface area (Å²) in [5, 5.41) is 12.3. The number of methoxy groups -OCH3 is 2. The highest BCUT2D eigenvalue weighted by atomic mass is 16.5. The molecule has 1 aromatic rings. The molecule has 1 aliphatic carbocycles. The maximum Gasteiger partial charge on any atom is 0.305 e. The predicted molar refractivity (Wildman–Crippen MR) is 103 cm³/mol. The number of nitrogens with one attached hydrogen (secondary N) is 1. The Kier molecular flexibility index (Phi) is 7.95. The van der Waals surface area contributed by atoms with Crippen molar-refractivity contribution < 1.29 is 24.2 Å². The van der Waals surface area contributed by atoms with Gasteiger partial charge in [0, 0.05) is 5.92 Å². The molecule has 1 saturated carbocycles. The number of rotatable bonds is 10. The van der Waals surface area contributed by atoms with Gasteiger partial charge in [-0.15, -0.1) is 0 Å². The molecule has 1 fully saturated rings. The number of hydrogen-bond donors (Lipinski definition) is 2. The molecule has 1 aromatic carbocycles. The van der Waals surface area contributed by atoms with Gasteiger partial charge in [-0.3, -0.25) is 9.59 Å². The van der Waals surface area contributed by atoms with Gasteiger partial charge in [-0.05, 0) is 36.5 Å². The maximum atomic E-state index is 12.8. The van der Waals surface area contributed by atoms with Crippen molar-refractivity contribution in [2.75, 3.05) is 14.2 Å². The number of carboxylic acid groups (broad SMARTS) is 1. The van der Waals surface area contributed by atoms with Crippen molar-refractivity contribution in [3.63, 3.8) is 0 Å². The van der Waals surface area contributed by atoms with E-state index in [1.165, 1.54) is 32.8 Å². The monoisotopic (exact) mass is 377 g/mol. The highest BCUT2D eigenvalue weighted by molar-refractivity contribution is 5.80. The first-order chi connectivity index (χ1) is 13.0. The Hall–Kier alpha value is -2.24. The van der Waals surface area contributed by atoms with E-state index in [2.05, 4.69) is 5.32 Å². The van der Waals surface area contributed by atoms with Crippen LogP contribution in [0, 0.1) is 11.8 Å². The number of carboxylic acids is 1. The quantitative estimate of drug-likeness (QED) is 0.645. The van der Waals surface area contributed by atoms with Gasteiger partial charge in [0.05, 0.1) is 26.7 Å². The molecule has 6 heteroatoms. The molecule has 2 atom stereocenters. The van der Waals surface area contributed by atoms with Crippen molar-refractivity contribution in [3.05, 3.63) is 23.8 Å². The Morgan fingerprint density at radius 3 is 2.41 bits per heavy atom. The van der Waals surface area contributed by atoms with Gasteiger partial charge >= 0.3 is 5.97 Å². The first-order valence-electron chi connectivity index (χ1n) is 9.72. The average Bonchev–Trinajstić information content (AvgIpc) is 3.17. The van der Waals surface area contributed by atoms with Crippen molar-refractivity contribution in [1.29, 1.82) is 0 Å². The SMILES string of the molecule is CCC(CC1CCCC1)C(=O)NC(CC(=O)O)c1ccc(OC)c(OC)c1. The minimum atomic E-state index is -0.959. The summed E-state index contributed by atoms with van der Waals surface area (Å²) in [6, 6.07) is 4.62. The predicted octanol–water partition coefficient (Wildman–Crippen LogP) is 3.94. The van der Waals surface area contributed by atoms with Gasteiger partial charge in [-0.25, -0.2) is 0 Å². The van der Waals surface area contributed by atoms with Crippen molar-refractivity contribution in [1.82, 2.24) is 5.32 Å². The molecule has 0 bridgehead atoms. The van der Waals surface area contributed by atoms with Gasteiger partial charge in [0.1, 0.15) is 0 Å². The van der Waals surface area contributed by atoms with Crippen LogP contribution in [0.5, 0.6) is 11.5 Å². The molecule has 2 unspecified atom stereocenters. The molecular formula is C21H31NO5. The van der Waals surface area contributed by atoms with Crippen LogP contribution >= 0.6 is 0 Å². The lowest BCUT2D eigenvalue weighted by Gasteiger charge is -2.24. The second-order valence-corrected chi connectivity index (χ2v) is 7.26. The molecule has 2 N–H and O–H groups in total. The van der Waals surface area contributed by atoms with Crippen LogP contribution < -0.4 is 14.8 Å². The molecule has 0 aliphatic heterocycles.